The lowest BCUT2D eigenvalue weighted by Gasteiger charge is -2.32. The summed E-state index contributed by atoms with van der Waals surface area (Å²) in [7, 11) is 1.69. The summed E-state index contributed by atoms with van der Waals surface area (Å²) in [6.45, 7) is 5.62. The summed E-state index contributed by atoms with van der Waals surface area (Å²) in [6, 6.07) is 4.16. The van der Waals surface area contributed by atoms with Gasteiger partial charge >= 0.3 is 0 Å². The van der Waals surface area contributed by atoms with Gasteiger partial charge in [0, 0.05) is 52.2 Å². The highest BCUT2D eigenvalue weighted by atomic mass is 16.5. The summed E-state index contributed by atoms with van der Waals surface area (Å²) in [5.41, 5.74) is 1.73. The number of aryl methyl sites for hydroxylation is 1. The lowest BCUT2D eigenvalue weighted by Crippen LogP contribution is -2.46. The van der Waals surface area contributed by atoms with Crippen LogP contribution in [0.5, 0.6) is 0 Å². The van der Waals surface area contributed by atoms with Gasteiger partial charge in [0.25, 0.3) is 0 Å². The number of methoxy groups -OCH3 is 1. The van der Waals surface area contributed by atoms with E-state index in [4.69, 9.17) is 9.72 Å². The Morgan fingerprint density at radius 3 is 2.79 bits per heavy atom. The van der Waals surface area contributed by atoms with E-state index in [0.29, 0.717) is 26.1 Å². The Balaban J connectivity index is 1.56. The first-order chi connectivity index (χ1) is 14.0. The molecule has 0 aromatic carbocycles. The molecule has 3 rings (SSSR count). The molecule has 0 bridgehead atoms. The average Bonchev–Trinajstić information content (AvgIpc) is 3.06. The molecule has 1 saturated heterocycles. The zero-order chi connectivity index (χ0) is 20.8. The Morgan fingerprint density at radius 2 is 2.10 bits per heavy atom. The lowest BCUT2D eigenvalue weighted by atomic mass is 10.0. The molecule has 3 heterocycles. The minimum absolute atomic E-state index is 0.00476. The average molecular weight is 402 g/mol. The molecule has 1 fully saturated rings. The Morgan fingerprint density at radius 1 is 1.34 bits per heavy atom. The number of ether oxygens (including phenoxy) is 1. The van der Waals surface area contributed by atoms with Crippen molar-refractivity contribution in [1.82, 2.24) is 24.8 Å². The second-order valence-electron chi connectivity index (χ2n) is 7.76. The molecule has 1 aliphatic heterocycles. The van der Waals surface area contributed by atoms with Crippen LogP contribution in [0.15, 0.2) is 18.3 Å². The zero-order valence-electron chi connectivity index (χ0n) is 17.6. The second-order valence-corrected chi connectivity index (χ2v) is 7.76. The van der Waals surface area contributed by atoms with Crippen molar-refractivity contribution >= 4 is 23.0 Å². The monoisotopic (exact) mass is 401 g/mol. The molecule has 0 unspecified atom stereocenters. The van der Waals surface area contributed by atoms with Crippen molar-refractivity contribution in [2.75, 3.05) is 26.8 Å². The summed E-state index contributed by atoms with van der Waals surface area (Å²) in [5, 5.41) is 2.94. The van der Waals surface area contributed by atoms with Crippen LogP contribution < -0.4 is 5.32 Å². The van der Waals surface area contributed by atoms with Crippen molar-refractivity contribution in [3.05, 3.63) is 24.2 Å². The molecule has 29 heavy (non-hydrogen) atoms. The highest BCUT2D eigenvalue weighted by Crippen LogP contribution is 2.21. The summed E-state index contributed by atoms with van der Waals surface area (Å²) < 4.78 is 7.45. The minimum Gasteiger partial charge on any atom is -0.383 e. The maximum absolute atomic E-state index is 12.6. The third-order valence-electron chi connectivity index (χ3n) is 5.42. The van der Waals surface area contributed by atoms with Crippen molar-refractivity contribution in [3.63, 3.8) is 0 Å². The van der Waals surface area contributed by atoms with E-state index in [0.717, 1.165) is 42.7 Å². The van der Waals surface area contributed by atoms with Crippen molar-refractivity contribution in [3.8, 4) is 0 Å². The van der Waals surface area contributed by atoms with Crippen LogP contribution in [0.25, 0.3) is 11.2 Å². The number of carbonyl (C=O) groups excluding carboxylic acids is 2. The number of pyridine rings is 1. The van der Waals surface area contributed by atoms with E-state index >= 15 is 0 Å². The van der Waals surface area contributed by atoms with Gasteiger partial charge in [-0.2, -0.15) is 0 Å². The van der Waals surface area contributed by atoms with Crippen LogP contribution in [0.2, 0.25) is 0 Å². The molecule has 0 saturated carbocycles. The van der Waals surface area contributed by atoms with Gasteiger partial charge in [-0.05, 0) is 38.3 Å². The normalized spacial score (nSPS) is 16.2. The molecule has 8 nitrogen and oxygen atoms in total. The van der Waals surface area contributed by atoms with Gasteiger partial charge in [0.15, 0.2) is 5.65 Å². The van der Waals surface area contributed by atoms with Gasteiger partial charge in [0.05, 0.1) is 12.6 Å². The van der Waals surface area contributed by atoms with E-state index in [9.17, 15) is 9.59 Å². The molecule has 2 amide bonds. The van der Waals surface area contributed by atoms with E-state index in [1.807, 2.05) is 17.0 Å². The SMILES string of the molecule is COC[C@H](C)n1c(CCCC(=O)N2CCC(NC(C)=O)CC2)nc2cccnc21. The number of piperidine rings is 1. The van der Waals surface area contributed by atoms with E-state index in [1.165, 1.54) is 6.92 Å². The number of fused-ring (bicyclic) bond motifs is 1. The predicted octanol–water partition coefficient (Wildman–Crippen LogP) is 2.09. The summed E-state index contributed by atoms with van der Waals surface area (Å²) in [6.07, 6.45) is 5.38. The number of carbonyl (C=O) groups is 2. The molecule has 2 aromatic heterocycles. The van der Waals surface area contributed by atoms with Gasteiger partial charge in [-0.3, -0.25) is 9.59 Å². The number of likely N-dealkylation sites (tertiary alicyclic amines) is 1. The van der Waals surface area contributed by atoms with Crippen molar-refractivity contribution in [1.29, 1.82) is 0 Å². The van der Waals surface area contributed by atoms with Crippen LogP contribution in [-0.4, -0.2) is 64.1 Å². The molecular weight excluding hydrogens is 370 g/mol. The summed E-state index contributed by atoms with van der Waals surface area (Å²) in [4.78, 5) is 34.9. The number of hydrogen-bond acceptors (Lipinski definition) is 5. The maximum atomic E-state index is 12.6. The maximum Gasteiger partial charge on any atom is 0.222 e. The fourth-order valence-electron chi connectivity index (χ4n) is 4.05. The van der Waals surface area contributed by atoms with Crippen LogP contribution in [-0.2, 0) is 20.7 Å². The molecule has 1 N–H and O–H groups in total. The van der Waals surface area contributed by atoms with Crippen LogP contribution >= 0.6 is 0 Å². The first-order valence-electron chi connectivity index (χ1n) is 10.3. The number of amides is 2. The molecule has 0 spiro atoms. The van der Waals surface area contributed by atoms with Crippen LogP contribution in [0, 0.1) is 0 Å². The van der Waals surface area contributed by atoms with Crippen molar-refractivity contribution in [2.45, 2.75) is 58.0 Å². The molecule has 1 atom stereocenters. The Hall–Kier alpha value is -2.48. The van der Waals surface area contributed by atoms with E-state index in [-0.39, 0.29) is 23.9 Å². The van der Waals surface area contributed by atoms with Crippen molar-refractivity contribution in [2.24, 2.45) is 0 Å². The smallest absolute Gasteiger partial charge is 0.222 e. The third-order valence-corrected chi connectivity index (χ3v) is 5.42. The van der Waals surface area contributed by atoms with Gasteiger partial charge in [-0.15, -0.1) is 0 Å². The quantitative estimate of drug-likeness (QED) is 0.732. The van der Waals surface area contributed by atoms with Gasteiger partial charge < -0.3 is 19.5 Å². The molecule has 8 heteroatoms. The molecule has 1 aliphatic rings. The molecule has 0 radical (unpaired) electrons. The standard InChI is InChI=1S/C21H31N5O3/c1-15(14-29-3)26-19(24-18-6-5-11-22-21(18)26)7-4-8-20(28)25-12-9-17(10-13-25)23-16(2)27/h5-6,11,15,17H,4,7-10,12-14H2,1-3H3,(H,23,27)/t15-/m0/s1. The largest absolute Gasteiger partial charge is 0.383 e. The summed E-state index contributed by atoms with van der Waals surface area (Å²) in [5.74, 6) is 1.12. The molecular formula is C21H31N5O3. The van der Waals surface area contributed by atoms with E-state index in [2.05, 4.69) is 21.8 Å². The fraction of sp³-hybridized carbons (Fsp3) is 0.619. The number of aromatic nitrogens is 3. The number of nitrogens with one attached hydrogen (secondary N) is 1. The van der Waals surface area contributed by atoms with E-state index < -0.39 is 0 Å². The van der Waals surface area contributed by atoms with Gasteiger partial charge in [-0.1, -0.05) is 0 Å². The van der Waals surface area contributed by atoms with Crippen LogP contribution in [0.3, 0.4) is 0 Å². The highest BCUT2D eigenvalue weighted by Gasteiger charge is 2.23. The number of hydrogen-bond donors (Lipinski definition) is 1. The third kappa shape index (κ3) is 5.32. The molecule has 158 valence electrons. The second kappa shape index (κ2) is 9.82. The topological polar surface area (TPSA) is 89.4 Å². The Bertz CT molecular complexity index is 842. The van der Waals surface area contributed by atoms with E-state index in [1.54, 1.807) is 13.3 Å². The zero-order valence-corrected chi connectivity index (χ0v) is 17.6. The predicted molar refractivity (Wildman–Crippen MR) is 110 cm³/mol. The van der Waals surface area contributed by atoms with Crippen LogP contribution in [0.1, 0.15) is 51.4 Å². The molecule has 2 aromatic rings. The molecule has 0 aliphatic carbocycles. The lowest BCUT2D eigenvalue weighted by molar-refractivity contribution is -0.132. The first-order valence-corrected chi connectivity index (χ1v) is 10.3. The minimum atomic E-state index is -0.00476. The van der Waals surface area contributed by atoms with Crippen LogP contribution in [0.4, 0.5) is 0 Å². The Labute approximate surface area is 171 Å². The van der Waals surface area contributed by atoms with Gasteiger partial charge in [0.2, 0.25) is 11.8 Å². The highest BCUT2D eigenvalue weighted by molar-refractivity contribution is 5.76. The number of imidazole rings is 1. The summed E-state index contributed by atoms with van der Waals surface area (Å²) >= 11 is 0. The first kappa shape index (κ1) is 21.2. The van der Waals surface area contributed by atoms with Crippen molar-refractivity contribution < 1.29 is 14.3 Å². The number of rotatable bonds is 8. The number of nitrogens with zero attached hydrogens (tertiary/aromatic N) is 4. The fourth-order valence-corrected chi connectivity index (χ4v) is 4.05. The Kier molecular flexibility index (Phi) is 7.19. The van der Waals surface area contributed by atoms with Gasteiger partial charge in [-0.25, -0.2) is 9.97 Å². The van der Waals surface area contributed by atoms with Gasteiger partial charge in [0.1, 0.15) is 11.3 Å².